The molecule has 26 heavy (non-hydrogen) atoms. The van der Waals surface area contributed by atoms with Gasteiger partial charge in [0.15, 0.2) is 0 Å². The summed E-state index contributed by atoms with van der Waals surface area (Å²) in [5.74, 6) is -0.123. The number of nitrogens with zero attached hydrogens (tertiary/aromatic N) is 1. The van der Waals surface area contributed by atoms with Gasteiger partial charge in [-0.2, -0.15) is 8.78 Å². The molecule has 0 fully saturated rings. The van der Waals surface area contributed by atoms with Crippen LogP contribution >= 0.6 is 11.3 Å². The zero-order chi connectivity index (χ0) is 18.5. The molecule has 134 valence electrons. The van der Waals surface area contributed by atoms with Gasteiger partial charge in [-0.3, -0.25) is 4.79 Å². The monoisotopic (exact) mass is 374 g/mol. The zero-order valence-electron chi connectivity index (χ0n) is 13.9. The second-order valence-electron chi connectivity index (χ2n) is 5.58. The van der Waals surface area contributed by atoms with E-state index in [9.17, 15) is 13.6 Å². The third-order valence-corrected chi connectivity index (χ3v) is 4.37. The molecule has 0 aliphatic heterocycles. The SMILES string of the molecule is Cc1nc(-c2ccc(NC(=O)Cc3ccc(OC(F)F)cc3)cc2)cs1. The van der Waals surface area contributed by atoms with Crippen molar-refractivity contribution in [2.75, 3.05) is 5.32 Å². The number of rotatable bonds is 6. The molecule has 3 aromatic rings. The normalized spacial score (nSPS) is 10.8. The summed E-state index contributed by atoms with van der Waals surface area (Å²) >= 11 is 1.59. The zero-order valence-corrected chi connectivity index (χ0v) is 14.7. The van der Waals surface area contributed by atoms with Crippen LogP contribution in [-0.4, -0.2) is 17.5 Å². The number of carbonyl (C=O) groups is 1. The van der Waals surface area contributed by atoms with E-state index in [1.165, 1.54) is 12.1 Å². The fourth-order valence-electron chi connectivity index (χ4n) is 2.40. The summed E-state index contributed by atoms with van der Waals surface area (Å²) in [5.41, 5.74) is 3.29. The van der Waals surface area contributed by atoms with Crippen LogP contribution in [0.5, 0.6) is 5.75 Å². The molecule has 0 radical (unpaired) electrons. The molecule has 0 bridgehead atoms. The Morgan fingerprint density at radius 2 is 1.85 bits per heavy atom. The van der Waals surface area contributed by atoms with E-state index in [1.807, 2.05) is 36.6 Å². The van der Waals surface area contributed by atoms with E-state index in [2.05, 4.69) is 15.0 Å². The lowest BCUT2D eigenvalue weighted by Crippen LogP contribution is -2.14. The quantitative estimate of drug-likeness (QED) is 0.668. The van der Waals surface area contributed by atoms with Gasteiger partial charge in [-0.25, -0.2) is 4.98 Å². The molecule has 0 spiro atoms. The van der Waals surface area contributed by atoms with Crippen molar-refractivity contribution in [1.29, 1.82) is 0 Å². The highest BCUT2D eigenvalue weighted by Gasteiger charge is 2.08. The van der Waals surface area contributed by atoms with E-state index >= 15 is 0 Å². The third-order valence-electron chi connectivity index (χ3n) is 3.60. The molecule has 1 N–H and O–H groups in total. The molecule has 4 nitrogen and oxygen atoms in total. The Morgan fingerprint density at radius 3 is 2.42 bits per heavy atom. The molecule has 0 aliphatic rings. The summed E-state index contributed by atoms with van der Waals surface area (Å²) < 4.78 is 28.5. The van der Waals surface area contributed by atoms with Crippen LogP contribution < -0.4 is 10.1 Å². The standard InChI is InChI=1S/C19H16F2N2O2S/c1-12-22-17(11-26-12)14-4-6-15(7-5-14)23-18(24)10-13-2-8-16(9-3-13)25-19(20)21/h2-9,11,19H,10H2,1H3,(H,23,24). The summed E-state index contributed by atoms with van der Waals surface area (Å²) in [6.07, 6.45) is 0.141. The Kier molecular flexibility index (Phi) is 5.58. The van der Waals surface area contributed by atoms with Gasteiger partial charge in [0.1, 0.15) is 5.75 Å². The number of amides is 1. The molecule has 2 aromatic carbocycles. The minimum atomic E-state index is -2.86. The summed E-state index contributed by atoms with van der Waals surface area (Å²) in [6, 6.07) is 13.5. The van der Waals surface area contributed by atoms with Crippen LogP contribution in [0.15, 0.2) is 53.9 Å². The highest BCUT2D eigenvalue weighted by molar-refractivity contribution is 7.09. The van der Waals surface area contributed by atoms with Gasteiger partial charge in [-0.15, -0.1) is 11.3 Å². The Balaban J connectivity index is 1.57. The van der Waals surface area contributed by atoms with Gasteiger partial charge in [-0.1, -0.05) is 24.3 Å². The first-order valence-corrected chi connectivity index (χ1v) is 8.74. The number of aromatic nitrogens is 1. The Bertz CT molecular complexity index is 877. The van der Waals surface area contributed by atoms with E-state index in [0.717, 1.165) is 16.3 Å². The number of benzene rings is 2. The molecule has 0 saturated carbocycles. The Labute approximate surface area is 153 Å². The molecule has 1 amide bonds. The van der Waals surface area contributed by atoms with Crippen LogP contribution in [0.25, 0.3) is 11.3 Å². The predicted molar refractivity (Wildman–Crippen MR) is 97.7 cm³/mol. The first-order chi connectivity index (χ1) is 12.5. The lowest BCUT2D eigenvalue weighted by Gasteiger charge is -2.07. The number of carbonyl (C=O) groups excluding carboxylic acids is 1. The molecule has 0 unspecified atom stereocenters. The summed E-state index contributed by atoms with van der Waals surface area (Å²) in [5, 5.41) is 5.81. The lowest BCUT2D eigenvalue weighted by molar-refractivity contribution is -0.115. The largest absolute Gasteiger partial charge is 0.435 e. The molecule has 1 aromatic heterocycles. The van der Waals surface area contributed by atoms with Crippen LogP contribution in [0.2, 0.25) is 0 Å². The van der Waals surface area contributed by atoms with Gasteiger partial charge < -0.3 is 10.1 Å². The fraction of sp³-hybridized carbons (Fsp3) is 0.158. The van der Waals surface area contributed by atoms with E-state index in [0.29, 0.717) is 11.3 Å². The van der Waals surface area contributed by atoms with Gasteiger partial charge in [0.2, 0.25) is 5.91 Å². The second-order valence-corrected chi connectivity index (χ2v) is 6.64. The number of hydrogen-bond acceptors (Lipinski definition) is 4. The number of thiazole rings is 1. The van der Waals surface area contributed by atoms with E-state index in [4.69, 9.17) is 0 Å². The Morgan fingerprint density at radius 1 is 1.15 bits per heavy atom. The number of aryl methyl sites for hydroxylation is 1. The highest BCUT2D eigenvalue weighted by Crippen LogP contribution is 2.23. The van der Waals surface area contributed by atoms with Gasteiger partial charge in [0.05, 0.1) is 17.1 Å². The third kappa shape index (κ3) is 4.86. The van der Waals surface area contributed by atoms with Crippen LogP contribution in [0.1, 0.15) is 10.6 Å². The average Bonchev–Trinajstić information content (AvgIpc) is 3.03. The molecule has 0 atom stereocenters. The summed E-state index contributed by atoms with van der Waals surface area (Å²) in [7, 11) is 0. The van der Waals surface area contributed by atoms with E-state index < -0.39 is 6.61 Å². The van der Waals surface area contributed by atoms with Crippen molar-refractivity contribution in [3.63, 3.8) is 0 Å². The molecule has 7 heteroatoms. The maximum atomic E-state index is 12.1. The van der Waals surface area contributed by atoms with Crippen molar-refractivity contribution in [2.24, 2.45) is 0 Å². The van der Waals surface area contributed by atoms with Gasteiger partial charge in [0.25, 0.3) is 0 Å². The first-order valence-electron chi connectivity index (χ1n) is 7.86. The number of hydrogen-bond donors (Lipinski definition) is 1. The van der Waals surface area contributed by atoms with Crippen molar-refractivity contribution >= 4 is 22.9 Å². The smallest absolute Gasteiger partial charge is 0.387 e. The maximum absolute atomic E-state index is 12.1. The first kappa shape index (κ1) is 18.0. The fourth-order valence-corrected chi connectivity index (χ4v) is 3.02. The maximum Gasteiger partial charge on any atom is 0.387 e. The van der Waals surface area contributed by atoms with Gasteiger partial charge in [-0.05, 0) is 36.8 Å². The molecule has 0 saturated heterocycles. The van der Waals surface area contributed by atoms with Crippen LogP contribution in [0.4, 0.5) is 14.5 Å². The van der Waals surface area contributed by atoms with Gasteiger partial charge in [0, 0.05) is 16.6 Å². The molecule has 3 rings (SSSR count). The summed E-state index contributed by atoms with van der Waals surface area (Å²) in [6.45, 7) is -0.908. The average molecular weight is 374 g/mol. The minimum absolute atomic E-state index is 0.0667. The number of anilines is 1. The number of ether oxygens (including phenoxy) is 1. The predicted octanol–water partition coefficient (Wildman–Crippen LogP) is 4.90. The molecular weight excluding hydrogens is 358 g/mol. The minimum Gasteiger partial charge on any atom is -0.435 e. The molecule has 0 aliphatic carbocycles. The number of halogens is 2. The Hall–Kier alpha value is -2.80. The lowest BCUT2D eigenvalue weighted by atomic mass is 10.1. The number of alkyl halides is 2. The molecular formula is C19H16F2N2O2S. The van der Waals surface area contributed by atoms with E-state index in [1.54, 1.807) is 23.5 Å². The van der Waals surface area contributed by atoms with Crippen LogP contribution in [-0.2, 0) is 11.2 Å². The van der Waals surface area contributed by atoms with Crippen molar-refractivity contribution in [1.82, 2.24) is 4.98 Å². The summed E-state index contributed by atoms with van der Waals surface area (Å²) in [4.78, 5) is 16.6. The molecule has 1 heterocycles. The van der Waals surface area contributed by atoms with Crippen LogP contribution in [0.3, 0.4) is 0 Å². The highest BCUT2D eigenvalue weighted by atomic mass is 32.1. The topological polar surface area (TPSA) is 51.2 Å². The van der Waals surface area contributed by atoms with Gasteiger partial charge >= 0.3 is 6.61 Å². The van der Waals surface area contributed by atoms with E-state index in [-0.39, 0.29) is 18.1 Å². The van der Waals surface area contributed by atoms with Crippen molar-refractivity contribution < 1.29 is 18.3 Å². The number of nitrogens with one attached hydrogen (secondary N) is 1. The van der Waals surface area contributed by atoms with Crippen molar-refractivity contribution in [2.45, 2.75) is 20.0 Å². The van der Waals surface area contributed by atoms with Crippen molar-refractivity contribution in [3.05, 3.63) is 64.5 Å². The van der Waals surface area contributed by atoms with Crippen molar-refractivity contribution in [3.8, 4) is 17.0 Å². The second kappa shape index (κ2) is 8.05. The van der Waals surface area contributed by atoms with Crippen LogP contribution in [0, 0.1) is 6.92 Å².